The molecular formula is C22H40N4O8. The van der Waals surface area contributed by atoms with Gasteiger partial charge in [0.15, 0.2) is 0 Å². The van der Waals surface area contributed by atoms with Gasteiger partial charge in [0.1, 0.15) is 12.2 Å². The van der Waals surface area contributed by atoms with E-state index in [0.717, 1.165) is 12.8 Å². The Morgan fingerprint density at radius 1 is 0.794 bits per heavy atom. The molecule has 0 spiro atoms. The number of amides is 4. The molecule has 0 aromatic carbocycles. The Balaban J connectivity index is 2.56. The van der Waals surface area contributed by atoms with Crippen LogP contribution in [0.1, 0.15) is 53.9 Å². The average molecular weight is 489 g/mol. The summed E-state index contributed by atoms with van der Waals surface area (Å²) in [5.41, 5.74) is -0.364. The molecule has 4 amide bonds. The van der Waals surface area contributed by atoms with E-state index in [4.69, 9.17) is 9.47 Å². The van der Waals surface area contributed by atoms with Crippen molar-refractivity contribution in [3.05, 3.63) is 0 Å². The molecule has 0 aromatic heterocycles. The second-order valence-electron chi connectivity index (χ2n) is 9.93. The van der Waals surface area contributed by atoms with E-state index in [-0.39, 0.29) is 30.0 Å². The minimum Gasteiger partial charge on any atom is -0.453 e. The normalized spacial score (nSPS) is 22.9. The largest absolute Gasteiger partial charge is 0.453 e. The van der Waals surface area contributed by atoms with Crippen LogP contribution in [0, 0.1) is 10.8 Å². The van der Waals surface area contributed by atoms with Crippen LogP contribution in [0.2, 0.25) is 0 Å². The van der Waals surface area contributed by atoms with E-state index < -0.39 is 36.6 Å². The van der Waals surface area contributed by atoms with E-state index in [9.17, 15) is 19.2 Å². The van der Waals surface area contributed by atoms with Gasteiger partial charge in [-0.25, -0.2) is 19.2 Å². The Bertz CT molecular complexity index is 717. The van der Waals surface area contributed by atoms with E-state index in [2.05, 4.69) is 51.5 Å². The van der Waals surface area contributed by atoms with Crippen molar-refractivity contribution in [2.75, 3.05) is 33.9 Å². The Hall–Kier alpha value is -2.92. The summed E-state index contributed by atoms with van der Waals surface area (Å²) in [6.45, 7) is 10.2. The molecule has 4 N–H and O–H groups in total. The van der Waals surface area contributed by atoms with Gasteiger partial charge in [-0.1, -0.05) is 20.8 Å². The lowest BCUT2D eigenvalue weighted by atomic mass is 9.62. The van der Waals surface area contributed by atoms with E-state index in [1.807, 2.05) is 0 Å². The van der Waals surface area contributed by atoms with Gasteiger partial charge in [-0.3, -0.25) is 0 Å². The van der Waals surface area contributed by atoms with Gasteiger partial charge < -0.3 is 40.2 Å². The molecule has 4 unspecified atom stereocenters. The molecule has 0 aromatic rings. The highest BCUT2D eigenvalue weighted by molar-refractivity contribution is 5.69. The maximum Gasteiger partial charge on any atom is 0.407 e. The lowest BCUT2D eigenvalue weighted by Crippen LogP contribution is -2.51. The van der Waals surface area contributed by atoms with E-state index in [1.165, 1.54) is 14.2 Å². The van der Waals surface area contributed by atoms with Crippen molar-refractivity contribution in [3.63, 3.8) is 0 Å². The fourth-order valence-corrected chi connectivity index (χ4v) is 4.45. The molecule has 0 radical (unpaired) electrons. The quantitative estimate of drug-likeness (QED) is 0.361. The first kappa shape index (κ1) is 29.1. The molecule has 1 saturated carbocycles. The Labute approximate surface area is 201 Å². The fraction of sp³-hybridized carbons (Fsp3) is 0.818. The van der Waals surface area contributed by atoms with Crippen LogP contribution in [-0.4, -0.2) is 76.5 Å². The number of carbonyl (C=O) groups excluding carboxylic acids is 4. The van der Waals surface area contributed by atoms with Crippen LogP contribution in [0.5, 0.6) is 0 Å². The number of alkyl carbamates (subject to hydrolysis) is 4. The first-order valence-corrected chi connectivity index (χ1v) is 11.3. The van der Waals surface area contributed by atoms with Gasteiger partial charge in [-0.2, -0.15) is 0 Å². The second-order valence-corrected chi connectivity index (χ2v) is 9.93. The van der Waals surface area contributed by atoms with Gasteiger partial charge in [0.2, 0.25) is 0 Å². The zero-order chi connectivity index (χ0) is 25.9. The predicted molar refractivity (Wildman–Crippen MR) is 123 cm³/mol. The van der Waals surface area contributed by atoms with E-state index in [1.54, 1.807) is 13.8 Å². The third kappa shape index (κ3) is 11.3. The Morgan fingerprint density at radius 3 is 1.79 bits per heavy atom. The summed E-state index contributed by atoms with van der Waals surface area (Å²) in [5, 5.41) is 10.7. The van der Waals surface area contributed by atoms with Crippen LogP contribution in [0.25, 0.3) is 0 Å². The van der Waals surface area contributed by atoms with E-state index >= 15 is 0 Å². The molecule has 4 atom stereocenters. The Morgan fingerprint density at radius 2 is 1.29 bits per heavy atom. The molecule has 0 saturated heterocycles. The molecule has 1 aliphatic carbocycles. The topological polar surface area (TPSA) is 153 Å². The maximum atomic E-state index is 12.4. The van der Waals surface area contributed by atoms with Crippen molar-refractivity contribution in [3.8, 4) is 0 Å². The molecule has 1 rings (SSSR count). The van der Waals surface area contributed by atoms with Crippen molar-refractivity contribution in [2.24, 2.45) is 10.8 Å². The molecule has 0 aliphatic heterocycles. The zero-order valence-corrected chi connectivity index (χ0v) is 21.2. The standard InChI is InChI=1S/C22H40N4O8/c1-14(10-23-17(27)31-6)33-19(29)25-13-22(5)9-16(8-21(3,4)12-22)26-20(30)34-15(2)11-24-18(28)32-7/h14-16H,8-13H2,1-7H3,(H,23,27)(H,24,28)(H,25,29)(H,26,30). The SMILES string of the molecule is COC(=O)NCC(C)OC(=O)NCC1(C)CC(NC(=O)OC(C)CNC(=O)OC)CC(C)(C)C1. The number of ether oxygens (including phenoxy) is 4. The fourth-order valence-electron chi connectivity index (χ4n) is 4.45. The maximum absolute atomic E-state index is 12.4. The minimum absolute atomic E-state index is 0.0771. The van der Waals surface area contributed by atoms with Crippen LogP contribution in [0.4, 0.5) is 19.2 Å². The summed E-state index contributed by atoms with van der Waals surface area (Å²) in [5.74, 6) is 0. The summed E-state index contributed by atoms with van der Waals surface area (Å²) >= 11 is 0. The molecule has 1 aliphatic rings. The monoisotopic (exact) mass is 488 g/mol. The molecule has 0 heterocycles. The Kier molecular flexibility index (Phi) is 11.2. The van der Waals surface area contributed by atoms with Crippen LogP contribution >= 0.6 is 0 Å². The molecule has 12 heteroatoms. The first-order chi connectivity index (χ1) is 15.8. The van der Waals surface area contributed by atoms with Gasteiger partial charge in [0.25, 0.3) is 0 Å². The van der Waals surface area contributed by atoms with Crippen molar-refractivity contribution in [2.45, 2.75) is 72.1 Å². The van der Waals surface area contributed by atoms with Crippen molar-refractivity contribution in [1.82, 2.24) is 21.3 Å². The van der Waals surface area contributed by atoms with E-state index in [0.29, 0.717) is 13.0 Å². The van der Waals surface area contributed by atoms with Gasteiger partial charge in [-0.05, 0) is 43.9 Å². The summed E-state index contributed by atoms with van der Waals surface area (Å²) in [7, 11) is 2.51. The number of rotatable bonds is 9. The molecule has 34 heavy (non-hydrogen) atoms. The van der Waals surface area contributed by atoms with Crippen LogP contribution in [0.3, 0.4) is 0 Å². The van der Waals surface area contributed by atoms with Gasteiger partial charge >= 0.3 is 24.4 Å². The summed E-state index contributed by atoms with van der Waals surface area (Å²) < 4.78 is 19.6. The van der Waals surface area contributed by atoms with Crippen molar-refractivity contribution >= 4 is 24.4 Å². The molecule has 0 bridgehead atoms. The van der Waals surface area contributed by atoms with Crippen LogP contribution < -0.4 is 21.3 Å². The summed E-state index contributed by atoms with van der Waals surface area (Å²) in [6.07, 6.45) is -1.17. The number of methoxy groups -OCH3 is 2. The van der Waals surface area contributed by atoms with Crippen LogP contribution in [0.15, 0.2) is 0 Å². The lowest BCUT2D eigenvalue weighted by molar-refractivity contribution is 0.0532. The zero-order valence-electron chi connectivity index (χ0n) is 21.2. The van der Waals surface area contributed by atoms with Gasteiger partial charge in [0, 0.05) is 12.6 Å². The summed E-state index contributed by atoms with van der Waals surface area (Å²) in [6, 6.07) is -0.150. The number of nitrogens with one attached hydrogen (secondary N) is 4. The smallest absolute Gasteiger partial charge is 0.407 e. The molecule has 12 nitrogen and oxygen atoms in total. The molecule has 196 valence electrons. The van der Waals surface area contributed by atoms with Gasteiger partial charge in [-0.15, -0.1) is 0 Å². The average Bonchev–Trinajstić information content (AvgIpc) is 2.72. The van der Waals surface area contributed by atoms with Crippen LogP contribution in [-0.2, 0) is 18.9 Å². The van der Waals surface area contributed by atoms with Gasteiger partial charge in [0.05, 0.1) is 27.3 Å². The summed E-state index contributed by atoms with van der Waals surface area (Å²) in [4.78, 5) is 46.9. The minimum atomic E-state index is -0.598. The second kappa shape index (κ2) is 13.1. The highest BCUT2D eigenvalue weighted by Crippen LogP contribution is 2.45. The lowest BCUT2D eigenvalue weighted by Gasteiger charge is -2.46. The third-order valence-corrected chi connectivity index (χ3v) is 5.48. The number of hydrogen-bond acceptors (Lipinski definition) is 8. The highest BCUT2D eigenvalue weighted by atomic mass is 16.6. The molecular weight excluding hydrogens is 448 g/mol. The highest BCUT2D eigenvalue weighted by Gasteiger charge is 2.42. The number of hydrogen-bond donors (Lipinski definition) is 4. The third-order valence-electron chi connectivity index (χ3n) is 5.48. The van der Waals surface area contributed by atoms with Crippen molar-refractivity contribution < 1.29 is 38.1 Å². The molecule has 1 fully saturated rings. The van der Waals surface area contributed by atoms with Crippen molar-refractivity contribution in [1.29, 1.82) is 0 Å². The first-order valence-electron chi connectivity index (χ1n) is 11.3. The predicted octanol–water partition coefficient (Wildman–Crippen LogP) is 2.51. The number of carbonyl (C=O) groups is 4.